The summed E-state index contributed by atoms with van der Waals surface area (Å²) in [4.78, 5) is 36.3. The van der Waals surface area contributed by atoms with Crippen molar-refractivity contribution in [1.29, 1.82) is 0 Å². The zero-order valence-corrected chi connectivity index (χ0v) is 15.7. The molecule has 0 saturated heterocycles. The van der Waals surface area contributed by atoms with E-state index >= 15 is 0 Å². The van der Waals surface area contributed by atoms with Crippen molar-refractivity contribution in [2.45, 2.75) is 38.6 Å². The Balaban J connectivity index is 1.89. The number of rotatable bonds is 9. The average Bonchev–Trinajstić information content (AvgIpc) is 2.68. The van der Waals surface area contributed by atoms with Crippen molar-refractivity contribution in [3.05, 3.63) is 71.8 Å². The standard InChI is InChI=1S/C22H25NO4/c1-3-19(18-12-8-5-9-13-18)22(26)27-15-21(25)23-20(16(2)24)14-17-10-6-4-7-11-17/h4-13,19-20H,3,14-15H2,1-2H3,(H,23,25)/t19-,20-/m1/s1. The summed E-state index contributed by atoms with van der Waals surface area (Å²) >= 11 is 0. The first-order valence-corrected chi connectivity index (χ1v) is 9.06. The monoisotopic (exact) mass is 367 g/mol. The fourth-order valence-corrected chi connectivity index (χ4v) is 2.84. The van der Waals surface area contributed by atoms with Crippen molar-refractivity contribution in [3.63, 3.8) is 0 Å². The molecule has 0 aliphatic carbocycles. The number of benzene rings is 2. The van der Waals surface area contributed by atoms with E-state index in [0.29, 0.717) is 12.8 Å². The van der Waals surface area contributed by atoms with E-state index in [4.69, 9.17) is 4.74 Å². The summed E-state index contributed by atoms with van der Waals surface area (Å²) in [5.41, 5.74) is 1.81. The van der Waals surface area contributed by atoms with Gasteiger partial charge in [-0.3, -0.25) is 14.4 Å². The molecule has 0 fully saturated rings. The van der Waals surface area contributed by atoms with Crippen LogP contribution in [0.4, 0.5) is 0 Å². The third kappa shape index (κ3) is 6.37. The molecule has 2 atom stereocenters. The van der Waals surface area contributed by atoms with Crippen LogP contribution in [-0.2, 0) is 25.5 Å². The maximum Gasteiger partial charge on any atom is 0.313 e. The number of carbonyl (C=O) groups excluding carboxylic acids is 3. The topological polar surface area (TPSA) is 72.5 Å². The molecular weight excluding hydrogens is 342 g/mol. The molecule has 5 nitrogen and oxygen atoms in total. The Labute approximate surface area is 159 Å². The van der Waals surface area contributed by atoms with Crippen LogP contribution in [0.25, 0.3) is 0 Å². The predicted octanol–water partition coefficient (Wildman–Crippen LogP) is 3.04. The highest BCUT2D eigenvalue weighted by Crippen LogP contribution is 2.20. The molecule has 0 radical (unpaired) electrons. The summed E-state index contributed by atoms with van der Waals surface area (Å²) in [5.74, 6) is -1.48. The van der Waals surface area contributed by atoms with Gasteiger partial charge in [-0.15, -0.1) is 0 Å². The molecule has 27 heavy (non-hydrogen) atoms. The van der Waals surface area contributed by atoms with Crippen LogP contribution in [0.2, 0.25) is 0 Å². The molecule has 142 valence electrons. The largest absolute Gasteiger partial charge is 0.455 e. The molecule has 1 amide bonds. The number of Topliss-reactive ketones (excluding diaryl/α,β-unsaturated/α-hetero) is 1. The van der Waals surface area contributed by atoms with Crippen LogP contribution in [0.15, 0.2) is 60.7 Å². The lowest BCUT2D eigenvalue weighted by molar-refractivity contribution is -0.150. The van der Waals surface area contributed by atoms with Gasteiger partial charge in [0.15, 0.2) is 12.4 Å². The van der Waals surface area contributed by atoms with E-state index in [0.717, 1.165) is 11.1 Å². The molecule has 0 heterocycles. The molecule has 2 aromatic carbocycles. The van der Waals surface area contributed by atoms with Gasteiger partial charge in [-0.25, -0.2) is 0 Å². The SMILES string of the molecule is CC[C@@H](C(=O)OCC(=O)N[C@H](Cc1ccccc1)C(C)=O)c1ccccc1. The number of hydrogen-bond acceptors (Lipinski definition) is 4. The first kappa shape index (κ1) is 20.4. The lowest BCUT2D eigenvalue weighted by Gasteiger charge is -2.17. The Kier molecular flexibility index (Phi) is 7.74. The van der Waals surface area contributed by atoms with E-state index in [1.165, 1.54) is 6.92 Å². The van der Waals surface area contributed by atoms with E-state index in [2.05, 4.69) is 5.32 Å². The quantitative estimate of drug-likeness (QED) is 0.692. The van der Waals surface area contributed by atoms with Crippen LogP contribution in [0, 0.1) is 0 Å². The van der Waals surface area contributed by atoms with Gasteiger partial charge in [-0.2, -0.15) is 0 Å². The van der Waals surface area contributed by atoms with Crippen LogP contribution in [0.5, 0.6) is 0 Å². The highest BCUT2D eigenvalue weighted by Gasteiger charge is 2.22. The third-order valence-corrected chi connectivity index (χ3v) is 4.35. The molecule has 2 aromatic rings. The van der Waals surface area contributed by atoms with Crippen LogP contribution < -0.4 is 5.32 Å². The van der Waals surface area contributed by atoms with Crippen molar-refractivity contribution in [2.24, 2.45) is 0 Å². The summed E-state index contributed by atoms with van der Waals surface area (Å²) < 4.78 is 5.18. The fourth-order valence-electron chi connectivity index (χ4n) is 2.84. The Morgan fingerprint density at radius 3 is 2.11 bits per heavy atom. The van der Waals surface area contributed by atoms with E-state index < -0.39 is 30.4 Å². The van der Waals surface area contributed by atoms with E-state index in [1.807, 2.05) is 67.6 Å². The molecule has 0 unspecified atom stereocenters. The van der Waals surface area contributed by atoms with Crippen LogP contribution in [-0.4, -0.2) is 30.3 Å². The Morgan fingerprint density at radius 2 is 1.56 bits per heavy atom. The molecule has 0 aliphatic heterocycles. The zero-order chi connectivity index (χ0) is 19.6. The number of hydrogen-bond donors (Lipinski definition) is 1. The maximum absolute atomic E-state index is 12.3. The summed E-state index contributed by atoms with van der Waals surface area (Å²) in [6.45, 7) is 2.92. The zero-order valence-electron chi connectivity index (χ0n) is 15.7. The molecule has 0 spiro atoms. The maximum atomic E-state index is 12.3. The van der Waals surface area contributed by atoms with Crippen molar-refractivity contribution < 1.29 is 19.1 Å². The highest BCUT2D eigenvalue weighted by atomic mass is 16.5. The molecule has 2 rings (SSSR count). The number of carbonyl (C=O) groups is 3. The van der Waals surface area contributed by atoms with Crippen molar-refractivity contribution in [1.82, 2.24) is 5.32 Å². The lowest BCUT2D eigenvalue weighted by atomic mass is 9.97. The average molecular weight is 367 g/mol. The van der Waals surface area contributed by atoms with Gasteiger partial charge < -0.3 is 10.1 Å². The molecule has 1 N–H and O–H groups in total. The number of amides is 1. The molecule has 0 bridgehead atoms. The van der Waals surface area contributed by atoms with Crippen LogP contribution >= 0.6 is 0 Å². The second kappa shape index (κ2) is 10.3. The summed E-state index contributed by atoms with van der Waals surface area (Å²) in [6.07, 6.45) is 0.978. The Hall–Kier alpha value is -2.95. The highest BCUT2D eigenvalue weighted by molar-refractivity contribution is 5.89. The van der Waals surface area contributed by atoms with Gasteiger partial charge in [0.05, 0.1) is 12.0 Å². The number of ketones is 1. The second-order valence-electron chi connectivity index (χ2n) is 6.40. The van der Waals surface area contributed by atoms with Gasteiger partial charge in [0.25, 0.3) is 5.91 Å². The van der Waals surface area contributed by atoms with Gasteiger partial charge >= 0.3 is 5.97 Å². The molecule has 0 saturated carbocycles. The van der Waals surface area contributed by atoms with E-state index in [9.17, 15) is 14.4 Å². The first-order chi connectivity index (χ1) is 13.0. The number of ether oxygens (including phenoxy) is 1. The first-order valence-electron chi connectivity index (χ1n) is 9.06. The molecule has 5 heteroatoms. The van der Waals surface area contributed by atoms with Crippen molar-refractivity contribution in [2.75, 3.05) is 6.61 Å². The third-order valence-electron chi connectivity index (χ3n) is 4.35. The summed E-state index contributed by atoms with van der Waals surface area (Å²) in [7, 11) is 0. The molecular formula is C22H25NO4. The minimum Gasteiger partial charge on any atom is -0.455 e. The smallest absolute Gasteiger partial charge is 0.313 e. The molecule has 0 aliphatic rings. The van der Waals surface area contributed by atoms with Gasteiger partial charge in [0.2, 0.25) is 0 Å². The van der Waals surface area contributed by atoms with Gasteiger partial charge in [0.1, 0.15) is 0 Å². The van der Waals surface area contributed by atoms with Gasteiger partial charge in [-0.05, 0) is 30.9 Å². The normalized spacial score (nSPS) is 12.7. The van der Waals surface area contributed by atoms with Crippen LogP contribution in [0.1, 0.15) is 37.3 Å². The lowest BCUT2D eigenvalue weighted by Crippen LogP contribution is -2.43. The van der Waals surface area contributed by atoms with E-state index in [1.54, 1.807) is 0 Å². The predicted molar refractivity (Wildman–Crippen MR) is 103 cm³/mol. The Bertz CT molecular complexity index is 758. The Morgan fingerprint density at radius 1 is 0.963 bits per heavy atom. The van der Waals surface area contributed by atoms with E-state index in [-0.39, 0.29) is 5.78 Å². The summed E-state index contributed by atoms with van der Waals surface area (Å²) in [6, 6.07) is 18.1. The van der Waals surface area contributed by atoms with Gasteiger partial charge in [0, 0.05) is 0 Å². The fraction of sp³-hybridized carbons (Fsp3) is 0.318. The second-order valence-corrected chi connectivity index (χ2v) is 6.40. The van der Waals surface area contributed by atoms with Crippen LogP contribution in [0.3, 0.4) is 0 Å². The van der Waals surface area contributed by atoms with Gasteiger partial charge in [-0.1, -0.05) is 67.6 Å². The van der Waals surface area contributed by atoms with Crippen molar-refractivity contribution in [3.8, 4) is 0 Å². The van der Waals surface area contributed by atoms with Crippen molar-refractivity contribution >= 4 is 17.7 Å². The minimum atomic E-state index is -0.644. The number of esters is 1. The summed E-state index contributed by atoms with van der Waals surface area (Å²) in [5, 5.41) is 2.65. The number of nitrogens with one attached hydrogen (secondary N) is 1. The molecule has 0 aromatic heterocycles. The minimum absolute atomic E-state index is 0.144.